The van der Waals surface area contributed by atoms with Crippen LogP contribution in [-0.2, 0) is 0 Å². The van der Waals surface area contributed by atoms with Crippen LogP contribution in [0.2, 0.25) is 0 Å². The lowest BCUT2D eigenvalue weighted by atomic mass is 9.86. The van der Waals surface area contributed by atoms with Gasteiger partial charge in [-0.3, -0.25) is 0 Å². The van der Waals surface area contributed by atoms with Gasteiger partial charge < -0.3 is 4.42 Å². The van der Waals surface area contributed by atoms with Gasteiger partial charge in [-0.25, -0.2) is 9.97 Å². The largest absolute Gasteiger partial charge is 0.455 e. The maximum Gasteiger partial charge on any atom is 0.160 e. The molecule has 53 heavy (non-hydrogen) atoms. The molecule has 0 atom stereocenters. The fraction of sp³-hybridized carbons (Fsp3) is 0. The molecular formula is C49H29N3O. The highest BCUT2D eigenvalue weighted by molar-refractivity contribution is 6.23. The number of rotatable bonds is 5. The standard InChI is InChI=1S/C49H29N3O/c50-28-31-24-26-33(27-25-31)37-21-11-23-43-44(34-13-2-1-3-14-34)47(53-48(37)43)35-29-51-49(52-30-35)46-41-19-8-6-17-39(41)45(40-18-7-9-20-42(40)46)38-22-10-15-32-12-4-5-16-36(32)38/h1-27,29-30H/i1D,2D,3D,13D,14D,24D,25D,26D,27D. The molecule has 8 aromatic carbocycles. The van der Waals surface area contributed by atoms with Crippen molar-refractivity contribution < 1.29 is 16.8 Å². The first-order valence-corrected chi connectivity index (χ1v) is 16.9. The van der Waals surface area contributed by atoms with Crippen LogP contribution in [0.25, 0.3) is 99.4 Å². The van der Waals surface area contributed by atoms with E-state index in [2.05, 4.69) is 54.6 Å². The monoisotopic (exact) mass is 684 g/mol. The van der Waals surface area contributed by atoms with E-state index < -0.39 is 59.9 Å². The van der Waals surface area contributed by atoms with E-state index in [0.717, 1.165) is 49.0 Å². The number of hydrogen-bond donors (Lipinski definition) is 0. The second-order valence-electron chi connectivity index (χ2n) is 12.5. The van der Waals surface area contributed by atoms with Crippen molar-refractivity contribution in [3.05, 3.63) is 182 Å². The topological polar surface area (TPSA) is 62.7 Å². The van der Waals surface area contributed by atoms with Gasteiger partial charge in [0.15, 0.2) is 5.82 Å². The highest BCUT2D eigenvalue weighted by atomic mass is 16.3. The normalized spacial score (nSPS) is 13.8. The van der Waals surface area contributed by atoms with Crippen LogP contribution < -0.4 is 0 Å². The van der Waals surface area contributed by atoms with E-state index in [1.54, 1.807) is 36.7 Å². The van der Waals surface area contributed by atoms with Crippen LogP contribution >= 0.6 is 0 Å². The summed E-state index contributed by atoms with van der Waals surface area (Å²) in [7, 11) is 0. The molecule has 0 N–H and O–H groups in total. The Morgan fingerprint density at radius 1 is 0.491 bits per heavy atom. The third-order valence-corrected chi connectivity index (χ3v) is 9.60. The molecule has 0 radical (unpaired) electrons. The maximum atomic E-state index is 9.61. The fourth-order valence-electron chi connectivity index (χ4n) is 7.32. The summed E-state index contributed by atoms with van der Waals surface area (Å²) in [5, 5.41) is 16.0. The van der Waals surface area contributed by atoms with Gasteiger partial charge in [0, 0.05) is 34.5 Å². The molecule has 0 spiro atoms. The van der Waals surface area contributed by atoms with Crippen LogP contribution in [0, 0.1) is 11.3 Å². The molecule has 0 aliphatic carbocycles. The zero-order valence-corrected chi connectivity index (χ0v) is 27.8. The van der Waals surface area contributed by atoms with E-state index in [0.29, 0.717) is 11.4 Å². The lowest BCUT2D eigenvalue weighted by Crippen LogP contribution is -1.95. The molecular weight excluding hydrogens is 647 g/mol. The fourth-order valence-corrected chi connectivity index (χ4v) is 7.32. The number of fused-ring (bicyclic) bond motifs is 4. The molecule has 0 bridgehead atoms. The first-order valence-electron chi connectivity index (χ1n) is 21.4. The number of nitrogens with zero attached hydrogens (tertiary/aromatic N) is 3. The molecule has 0 unspecified atom stereocenters. The minimum absolute atomic E-state index is 0.0578. The zero-order valence-electron chi connectivity index (χ0n) is 36.8. The molecule has 0 saturated carbocycles. The van der Waals surface area contributed by atoms with Gasteiger partial charge in [-0.2, -0.15) is 5.26 Å². The second-order valence-corrected chi connectivity index (χ2v) is 12.5. The lowest BCUT2D eigenvalue weighted by molar-refractivity contribution is 0.632. The minimum atomic E-state index is -0.571. The Bertz CT molecular complexity index is 3480. The van der Waals surface area contributed by atoms with Crippen molar-refractivity contribution in [1.29, 1.82) is 5.26 Å². The van der Waals surface area contributed by atoms with Crippen LogP contribution in [0.1, 0.15) is 17.9 Å². The van der Waals surface area contributed by atoms with Gasteiger partial charge in [0.1, 0.15) is 11.3 Å². The van der Waals surface area contributed by atoms with Crippen molar-refractivity contribution in [3.63, 3.8) is 0 Å². The summed E-state index contributed by atoms with van der Waals surface area (Å²) in [5.41, 5.74) is 2.94. The molecule has 4 heteroatoms. The molecule has 0 aliphatic heterocycles. The molecule has 2 aromatic heterocycles. The SMILES string of the molecule is [2H]c1c([2H])c([2H])c(-c2c(-c3cnc(-c4c5ccccc5c(-c5cccc6ccccc56)c5ccccc45)nc3)oc3c(-c4c([2H])c([2H])c(C#N)c([2H])c4[2H])cccc23)c([2H])c1[2H]. The molecule has 2 heterocycles. The number of hydrogen-bond acceptors (Lipinski definition) is 4. The maximum absolute atomic E-state index is 9.61. The Morgan fingerprint density at radius 3 is 1.74 bits per heavy atom. The van der Waals surface area contributed by atoms with Crippen molar-refractivity contribution in [2.24, 2.45) is 0 Å². The van der Waals surface area contributed by atoms with Crippen molar-refractivity contribution in [2.75, 3.05) is 0 Å². The molecule has 0 aliphatic rings. The highest BCUT2D eigenvalue weighted by Gasteiger charge is 2.23. The van der Waals surface area contributed by atoms with Crippen molar-refractivity contribution in [2.45, 2.75) is 0 Å². The molecule has 246 valence electrons. The van der Waals surface area contributed by atoms with Crippen LogP contribution in [0.5, 0.6) is 0 Å². The number of furan rings is 1. The van der Waals surface area contributed by atoms with E-state index >= 15 is 0 Å². The number of para-hydroxylation sites is 1. The van der Waals surface area contributed by atoms with Gasteiger partial charge in [-0.1, -0.05) is 151 Å². The molecule has 0 saturated heterocycles. The summed E-state index contributed by atoms with van der Waals surface area (Å²) in [6.45, 7) is 0. The molecule has 10 rings (SSSR count). The summed E-state index contributed by atoms with van der Waals surface area (Å²) < 4.78 is 84.5. The molecule has 0 amide bonds. The Balaban J connectivity index is 1.23. The number of aromatic nitrogens is 2. The van der Waals surface area contributed by atoms with E-state index in [4.69, 9.17) is 26.7 Å². The summed E-state index contributed by atoms with van der Waals surface area (Å²) in [5.74, 6) is 0.468. The molecule has 10 aromatic rings. The minimum Gasteiger partial charge on any atom is -0.455 e. The number of benzene rings is 8. The van der Waals surface area contributed by atoms with Gasteiger partial charge in [-0.05, 0) is 66.7 Å². The summed E-state index contributed by atoms with van der Waals surface area (Å²) in [6.07, 6.45) is 3.11. The smallest absolute Gasteiger partial charge is 0.160 e. The van der Waals surface area contributed by atoms with Gasteiger partial charge in [0.05, 0.1) is 29.5 Å². The Kier molecular flexibility index (Phi) is 5.28. The van der Waals surface area contributed by atoms with Crippen molar-refractivity contribution >= 4 is 43.3 Å². The zero-order chi connectivity index (χ0) is 43.1. The predicted molar refractivity (Wildman–Crippen MR) is 216 cm³/mol. The summed E-state index contributed by atoms with van der Waals surface area (Å²) in [6, 6.07) is 32.8. The average molecular weight is 685 g/mol. The molecule has 4 nitrogen and oxygen atoms in total. The lowest BCUT2D eigenvalue weighted by Gasteiger charge is -2.18. The molecule has 0 fully saturated rings. The van der Waals surface area contributed by atoms with Gasteiger partial charge in [-0.15, -0.1) is 0 Å². The third-order valence-electron chi connectivity index (χ3n) is 9.60. The third kappa shape index (κ3) is 4.98. The van der Waals surface area contributed by atoms with Crippen molar-refractivity contribution in [3.8, 4) is 62.2 Å². The predicted octanol–water partition coefficient (Wildman–Crippen LogP) is 12.9. The Labute approximate surface area is 318 Å². The van der Waals surface area contributed by atoms with Gasteiger partial charge in [0.2, 0.25) is 0 Å². The Hall–Kier alpha value is -7.35. The van der Waals surface area contributed by atoms with Gasteiger partial charge >= 0.3 is 0 Å². The van der Waals surface area contributed by atoms with E-state index in [1.807, 2.05) is 36.4 Å². The average Bonchev–Trinajstić information content (AvgIpc) is 3.69. The van der Waals surface area contributed by atoms with Crippen LogP contribution in [-0.4, -0.2) is 9.97 Å². The van der Waals surface area contributed by atoms with Crippen LogP contribution in [0.15, 0.2) is 180 Å². The number of nitriles is 1. The van der Waals surface area contributed by atoms with Gasteiger partial charge in [0.25, 0.3) is 0 Å². The summed E-state index contributed by atoms with van der Waals surface area (Å²) in [4.78, 5) is 9.84. The van der Waals surface area contributed by atoms with Crippen molar-refractivity contribution in [1.82, 2.24) is 9.97 Å². The van der Waals surface area contributed by atoms with Crippen LogP contribution in [0.3, 0.4) is 0 Å². The summed E-state index contributed by atoms with van der Waals surface area (Å²) >= 11 is 0. The highest BCUT2D eigenvalue weighted by Crippen LogP contribution is 2.46. The first-order chi connectivity index (χ1) is 30.0. The second kappa shape index (κ2) is 12.5. The quantitative estimate of drug-likeness (QED) is 0.169. The Morgan fingerprint density at radius 2 is 1.06 bits per heavy atom. The van der Waals surface area contributed by atoms with Crippen LogP contribution in [0.4, 0.5) is 0 Å². The van der Waals surface area contributed by atoms with E-state index in [1.165, 1.54) is 0 Å². The van der Waals surface area contributed by atoms with E-state index in [-0.39, 0.29) is 39.0 Å². The first kappa shape index (κ1) is 22.5. The van der Waals surface area contributed by atoms with E-state index in [9.17, 15) is 5.26 Å².